The Kier molecular flexibility index (Phi) is 7.17. The number of furan rings is 2. The Bertz CT molecular complexity index is 3200. The normalized spacial score (nSPS) is 11.6. The van der Waals surface area contributed by atoms with E-state index in [1.165, 1.54) is 21.9 Å². The molecule has 55 heavy (non-hydrogen) atoms. The summed E-state index contributed by atoms with van der Waals surface area (Å²) in [6, 6.07) is 71.2. The second-order valence-corrected chi connectivity index (χ2v) is 14.1. The van der Waals surface area contributed by atoms with Gasteiger partial charge in [0.25, 0.3) is 0 Å². The maximum absolute atomic E-state index is 6.21. The van der Waals surface area contributed by atoms with E-state index in [4.69, 9.17) is 8.83 Å². The standard InChI is InChI=1S/C52H33NO2/c1-2-12-41-35(10-1)11-9-16-42(41)36-22-28-40(29-23-36)53(39-26-20-34(21-27-39)37-24-30-51-46(32-37)44-14-4-7-18-49(44)54-51)48-17-6-3-13-43(48)38-25-31-52-47(33-38)45-15-5-8-19-50(45)55-52/h1-33H. The molecule has 11 aromatic rings. The van der Waals surface area contributed by atoms with E-state index >= 15 is 0 Å². The fraction of sp³-hybridized carbons (Fsp3) is 0. The predicted molar refractivity (Wildman–Crippen MR) is 229 cm³/mol. The average molecular weight is 704 g/mol. The minimum atomic E-state index is 0.889. The first-order valence-electron chi connectivity index (χ1n) is 18.7. The quantitative estimate of drug-likeness (QED) is 0.173. The van der Waals surface area contributed by atoms with Crippen molar-refractivity contribution in [2.45, 2.75) is 0 Å². The average Bonchev–Trinajstić information content (AvgIpc) is 3.82. The smallest absolute Gasteiger partial charge is 0.135 e. The highest BCUT2D eigenvalue weighted by atomic mass is 16.3. The number of rotatable bonds is 6. The van der Waals surface area contributed by atoms with Gasteiger partial charge in [0.15, 0.2) is 0 Å². The molecule has 0 saturated heterocycles. The van der Waals surface area contributed by atoms with Crippen LogP contribution in [0.15, 0.2) is 209 Å². The summed E-state index contributed by atoms with van der Waals surface area (Å²) in [5.41, 5.74) is 13.8. The van der Waals surface area contributed by atoms with Crippen molar-refractivity contribution in [2.75, 3.05) is 4.90 Å². The van der Waals surface area contributed by atoms with E-state index in [0.29, 0.717) is 0 Å². The van der Waals surface area contributed by atoms with Gasteiger partial charge < -0.3 is 13.7 Å². The molecule has 2 aromatic heterocycles. The largest absolute Gasteiger partial charge is 0.456 e. The van der Waals surface area contributed by atoms with Crippen LogP contribution in [0.5, 0.6) is 0 Å². The van der Waals surface area contributed by atoms with Crippen molar-refractivity contribution in [3.8, 4) is 33.4 Å². The zero-order valence-electron chi connectivity index (χ0n) is 29.8. The van der Waals surface area contributed by atoms with Gasteiger partial charge in [0.05, 0.1) is 5.69 Å². The Morgan fingerprint density at radius 2 is 0.764 bits per heavy atom. The fourth-order valence-electron chi connectivity index (χ4n) is 8.21. The van der Waals surface area contributed by atoms with E-state index in [-0.39, 0.29) is 0 Å². The van der Waals surface area contributed by atoms with Gasteiger partial charge >= 0.3 is 0 Å². The summed E-state index contributed by atoms with van der Waals surface area (Å²) < 4.78 is 12.3. The fourth-order valence-corrected chi connectivity index (χ4v) is 8.21. The molecule has 0 radical (unpaired) electrons. The van der Waals surface area contributed by atoms with Crippen molar-refractivity contribution in [2.24, 2.45) is 0 Å². The molecular formula is C52H33NO2. The van der Waals surface area contributed by atoms with Crippen molar-refractivity contribution in [3.05, 3.63) is 200 Å². The molecule has 0 aliphatic rings. The molecule has 0 bridgehead atoms. The molecule has 0 fully saturated rings. The van der Waals surface area contributed by atoms with E-state index in [0.717, 1.165) is 83.2 Å². The molecule has 3 nitrogen and oxygen atoms in total. The summed E-state index contributed by atoms with van der Waals surface area (Å²) in [5.74, 6) is 0. The molecule has 2 heterocycles. The van der Waals surface area contributed by atoms with Crippen LogP contribution in [0.1, 0.15) is 0 Å². The number of fused-ring (bicyclic) bond motifs is 7. The molecule has 0 unspecified atom stereocenters. The van der Waals surface area contributed by atoms with Gasteiger partial charge in [-0.05, 0) is 105 Å². The van der Waals surface area contributed by atoms with Gasteiger partial charge in [-0.1, -0.05) is 133 Å². The van der Waals surface area contributed by atoms with Crippen LogP contribution >= 0.6 is 0 Å². The number of anilines is 3. The van der Waals surface area contributed by atoms with Gasteiger partial charge in [0.1, 0.15) is 22.3 Å². The molecule has 0 aliphatic heterocycles. The first-order valence-corrected chi connectivity index (χ1v) is 18.7. The lowest BCUT2D eigenvalue weighted by Crippen LogP contribution is -2.11. The van der Waals surface area contributed by atoms with Crippen LogP contribution in [0, 0.1) is 0 Å². The molecule has 0 saturated carbocycles. The molecule has 0 atom stereocenters. The third-order valence-corrected chi connectivity index (χ3v) is 10.9. The minimum Gasteiger partial charge on any atom is -0.456 e. The van der Waals surface area contributed by atoms with Gasteiger partial charge in [-0.3, -0.25) is 0 Å². The summed E-state index contributed by atoms with van der Waals surface area (Å²) >= 11 is 0. The topological polar surface area (TPSA) is 29.5 Å². The molecule has 0 amide bonds. The second-order valence-electron chi connectivity index (χ2n) is 14.1. The molecular weight excluding hydrogens is 671 g/mol. The van der Waals surface area contributed by atoms with E-state index in [2.05, 4.69) is 181 Å². The molecule has 0 spiro atoms. The SMILES string of the molecule is c1ccc(N(c2ccc(-c3ccc4oc5ccccc5c4c3)cc2)c2ccc(-c3cccc4ccccc34)cc2)c(-c2ccc3oc4ccccc4c3c2)c1. The highest BCUT2D eigenvalue weighted by molar-refractivity contribution is 6.08. The highest BCUT2D eigenvalue weighted by Gasteiger charge is 2.19. The zero-order valence-corrected chi connectivity index (χ0v) is 29.8. The van der Waals surface area contributed by atoms with Crippen LogP contribution in [0.25, 0.3) is 88.0 Å². The van der Waals surface area contributed by atoms with Crippen LogP contribution < -0.4 is 4.90 Å². The minimum absolute atomic E-state index is 0.889. The molecule has 3 heteroatoms. The van der Waals surface area contributed by atoms with Gasteiger partial charge in [0.2, 0.25) is 0 Å². The first kappa shape index (κ1) is 31.2. The van der Waals surface area contributed by atoms with Gasteiger partial charge in [-0.2, -0.15) is 0 Å². The molecule has 11 rings (SSSR count). The monoisotopic (exact) mass is 703 g/mol. The molecule has 258 valence electrons. The summed E-state index contributed by atoms with van der Waals surface area (Å²) in [5, 5.41) is 6.98. The van der Waals surface area contributed by atoms with Gasteiger partial charge in [0, 0.05) is 38.5 Å². The third kappa shape index (κ3) is 5.28. The maximum atomic E-state index is 6.21. The number of hydrogen-bond acceptors (Lipinski definition) is 3. The number of para-hydroxylation sites is 3. The third-order valence-electron chi connectivity index (χ3n) is 10.9. The Morgan fingerprint density at radius 3 is 1.45 bits per heavy atom. The van der Waals surface area contributed by atoms with Crippen molar-refractivity contribution >= 4 is 71.7 Å². The lowest BCUT2D eigenvalue weighted by Gasteiger charge is -2.28. The molecule has 0 aliphatic carbocycles. The van der Waals surface area contributed by atoms with Gasteiger partial charge in [-0.15, -0.1) is 0 Å². The number of benzene rings is 9. The van der Waals surface area contributed by atoms with Crippen LogP contribution in [0.2, 0.25) is 0 Å². The van der Waals surface area contributed by atoms with E-state index in [1.807, 2.05) is 24.3 Å². The maximum Gasteiger partial charge on any atom is 0.135 e. The lowest BCUT2D eigenvalue weighted by atomic mass is 9.97. The van der Waals surface area contributed by atoms with Crippen LogP contribution in [-0.2, 0) is 0 Å². The Labute approximate surface area is 317 Å². The van der Waals surface area contributed by atoms with Crippen LogP contribution in [0.3, 0.4) is 0 Å². The van der Waals surface area contributed by atoms with Crippen molar-refractivity contribution in [1.82, 2.24) is 0 Å². The summed E-state index contributed by atoms with van der Waals surface area (Å²) in [7, 11) is 0. The summed E-state index contributed by atoms with van der Waals surface area (Å²) in [4.78, 5) is 2.37. The highest BCUT2D eigenvalue weighted by Crippen LogP contribution is 2.44. The number of hydrogen-bond donors (Lipinski definition) is 0. The summed E-state index contributed by atoms with van der Waals surface area (Å²) in [6.07, 6.45) is 0. The van der Waals surface area contributed by atoms with Crippen molar-refractivity contribution in [3.63, 3.8) is 0 Å². The molecule has 9 aromatic carbocycles. The first-order chi connectivity index (χ1) is 27.2. The number of nitrogens with zero attached hydrogens (tertiary/aromatic N) is 1. The van der Waals surface area contributed by atoms with E-state index in [1.54, 1.807) is 0 Å². The molecule has 0 N–H and O–H groups in total. The Balaban J connectivity index is 1.04. The zero-order chi connectivity index (χ0) is 36.3. The lowest BCUT2D eigenvalue weighted by molar-refractivity contribution is 0.668. The Hall–Kier alpha value is -7.36. The van der Waals surface area contributed by atoms with E-state index in [9.17, 15) is 0 Å². The van der Waals surface area contributed by atoms with Gasteiger partial charge in [-0.25, -0.2) is 0 Å². The van der Waals surface area contributed by atoms with Crippen molar-refractivity contribution in [1.29, 1.82) is 0 Å². The van der Waals surface area contributed by atoms with Crippen molar-refractivity contribution < 1.29 is 8.83 Å². The van der Waals surface area contributed by atoms with Crippen LogP contribution in [0.4, 0.5) is 17.1 Å². The second kappa shape index (κ2) is 12.6. The van der Waals surface area contributed by atoms with E-state index < -0.39 is 0 Å². The summed E-state index contributed by atoms with van der Waals surface area (Å²) in [6.45, 7) is 0. The van der Waals surface area contributed by atoms with Crippen LogP contribution in [-0.4, -0.2) is 0 Å². The Morgan fingerprint density at radius 1 is 0.291 bits per heavy atom. The predicted octanol–water partition coefficient (Wildman–Crippen LogP) is 15.1.